The van der Waals surface area contributed by atoms with Gasteiger partial charge < -0.3 is 10.2 Å². The highest BCUT2D eigenvalue weighted by molar-refractivity contribution is 9.10. The van der Waals surface area contributed by atoms with Crippen molar-refractivity contribution in [3.8, 4) is 6.07 Å². The molecule has 0 radical (unpaired) electrons. The largest absolute Gasteiger partial charge is 0.355 e. The van der Waals surface area contributed by atoms with Crippen LogP contribution in [-0.2, 0) is 0 Å². The maximum absolute atomic E-state index is 9.21. The maximum Gasteiger partial charge on any atom is 0.146 e. The molecular weight excluding hydrogens is 292 g/mol. The van der Waals surface area contributed by atoms with Crippen LogP contribution in [0.4, 0.5) is 5.82 Å². The quantitative estimate of drug-likeness (QED) is 0.861. The van der Waals surface area contributed by atoms with Crippen molar-refractivity contribution >= 4 is 21.7 Å². The van der Waals surface area contributed by atoms with Gasteiger partial charge in [0.2, 0.25) is 0 Å². The monoisotopic (exact) mass is 306 g/mol. The van der Waals surface area contributed by atoms with E-state index in [-0.39, 0.29) is 0 Å². The lowest BCUT2D eigenvalue weighted by atomic mass is 9.93. The van der Waals surface area contributed by atoms with Gasteiger partial charge in [-0.15, -0.1) is 0 Å². The number of nitrogens with one attached hydrogen (secondary N) is 1. The summed E-state index contributed by atoms with van der Waals surface area (Å²) in [7, 11) is 0. The number of pyridine rings is 1. The molecule has 94 valence electrons. The van der Waals surface area contributed by atoms with E-state index in [0.717, 1.165) is 36.3 Å². The summed E-state index contributed by atoms with van der Waals surface area (Å²) in [6.07, 6.45) is 4.15. The molecule has 1 aromatic heterocycles. The molecule has 18 heavy (non-hydrogen) atoms. The minimum absolute atomic E-state index is 0.661. The standard InChI is InChI=1S/C13H15BrN4/c14-11-5-10(6-15)13(17-7-11)18-4-2-12-9(8-18)1-3-16-12/h5,7,9,12,16H,1-4,8H2. The van der Waals surface area contributed by atoms with E-state index in [9.17, 15) is 5.26 Å². The number of piperidine rings is 1. The van der Waals surface area contributed by atoms with Gasteiger partial charge in [0.05, 0.1) is 5.56 Å². The molecule has 3 heterocycles. The highest BCUT2D eigenvalue weighted by Gasteiger charge is 2.33. The van der Waals surface area contributed by atoms with Gasteiger partial charge in [-0.25, -0.2) is 4.98 Å². The first-order valence-corrected chi connectivity index (χ1v) is 7.11. The zero-order valence-corrected chi connectivity index (χ0v) is 11.7. The number of hydrogen-bond acceptors (Lipinski definition) is 4. The number of fused-ring (bicyclic) bond motifs is 1. The minimum atomic E-state index is 0.661. The molecule has 2 saturated heterocycles. The molecule has 1 aromatic rings. The molecule has 0 spiro atoms. The van der Waals surface area contributed by atoms with Gasteiger partial charge >= 0.3 is 0 Å². The molecule has 2 unspecified atom stereocenters. The van der Waals surface area contributed by atoms with E-state index < -0.39 is 0 Å². The van der Waals surface area contributed by atoms with Crippen LogP contribution in [0.25, 0.3) is 0 Å². The molecular formula is C13H15BrN4. The van der Waals surface area contributed by atoms with Gasteiger partial charge in [-0.05, 0) is 47.3 Å². The smallest absolute Gasteiger partial charge is 0.146 e. The van der Waals surface area contributed by atoms with Gasteiger partial charge in [-0.3, -0.25) is 0 Å². The Bertz CT molecular complexity index is 496. The maximum atomic E-state index is 9.21. The van der Waals surface area contributed by atoms with Crippen molar-refractivity contribution in [2.75, 3.05) is 24.5 Å². The number of hydrogen-bond donors (Lipinski definition) is 1. The summed E-state index contributed by atoms with van der Waals surface area (Å²) in [5.74, 6) is 1.54. The minimum Gasteiger partial charge on any atom is -0.355 e. The van der Waals surface area contributed by atoms with E-state index in [2.05, 4.69) is 37.2 Å². The van der Waals surface area contributed by atoms with Crippen molar-refractivity contribution in [1.29, 1.82) is 5.26 Å². The van der Waals surface area contributed by atoms with E-state index in [0.29, 0.717) is 17.5 Å². The average Bonchev–Trinajstić information content (AvgIpc) is 2.85. The second-order valence-electron chi connectivity index (χ2n) is 4.98. The Kier molecular flexibility index (Phi) is 3.23. The van der Waals surface area contributed by atoms with E-state index in [1.807, 2.05) is 6.07 Å². The van der Waals surface area contributed by atoms with Crippen LogP contribution in [-0.4, -0.2) is 30.7 Å². The van der Waals surface area contributed by atoms with E-state index in [1.165, 1.54) is 6.42 Å². The first kappa shape index (κ1) is 11.9. The predicted molar refractivity (Wildman–Crippen MR) is 73.4 cm³/mol. The Labute approximate surface area is 115 Å². The van der Waals surface area contributed by atoms with Gasteiger partial charge in [0, 0.05) is 29.8 Å². The fraction of sp³-hybridized carbons (Fsp3) is 0.538. The Morgan fingerprint density at radius 2 is 2.39 bits per heavy atom. The molecule has 2 fully saturated rings. The summed E-state index contributed by atoms with van der Waals surface area (Å²) in [6, 6.07) is 4.76. The lowest BCUT2D eigenvalue weighted by molar-refractivity contribution is 0.375. The number of anilines is 1. The zero-order chi connectivity index (χ0) is 12.5. The molecule has 2 aliphatic rings. The molecule has 4 nitrogen and oxygen atoms in total. The number of nitriles is 1. The molecule has 0 amide bonds. The Morgan fingerprint density at radius 3 is 3.22 bits per heavy atom. The van der Waals surface area contributed by atoms with Crippen LogP contribution in [0.15, 0.2) is 16.7 Å². The highest BCUT2D eigenvalue weighted by Crippen LogP contribution is 2.29. The van der Waals surface area contributed by atoms with Crippen molar-refractivity contribution in [3.05, 3.63) is 22.3 Å². The Morgan fingerprint density at radius 1 is 1.50 bits per heavy atom. The lowest BCUT2D eigenvalue weighted by Gasteiger charge is -2.35. The molecule has 0 aromatic carbocycles. The fourth-order valence-corrected chi connectivity index (χ4v) is 3.34. The molecule has 1 N–H and O–H groups in total. The van der Waals surface area contributed by atoms with Crippen molar-refractivity contribution in [1.82, 2.24) is 10.3 Å². The van der Waals surface area contributed by atoms with Crippen LogP contribution in [0.3, 0.4) is 0 Å². The van der Waals surface area contributed by atoms with Gasteiger partial charge in [-0.1, -0.05) is 0 Å². The summed E-state index contributed by atoms with van der Waals surface area (Å²) >= 11 is 3.36. The first-order valence-electron chi connectivity index (χ1n) is 6.32. The second-order valence-corrected chi connectivity index (χ2v) is 5.90. The molecule has 5 heteroatoms. The van der Waals surface area contributed by atoms with Gasteiger partial charge in [0.15, 0.2) is 0 Å². The number of halogens is 1. The van der Waals surface area contributed by atoms with Crippen molar-refractivity contribution in [2.24, 2.45) is 5.92 Å². The molecule has 0 saturated carbocycles. The van der Waals surface area contributed by atoms with E-state index in [4.69, 9.17) is 0 Å². The second kappa shape index (κ2) is 4.87. The molecule has 2 aliphatic heterocycles. The zero-order valence-electron chi connectivity index (χ0n) is 10.1. The summed E-state index contributed by atoms with van der Waals surface area (Å²) in [6.45, 7) is 3.13. The third kappa shape index (κ3) is 2.11. The fourth-order valence-electron chi connectivity index (χ4n) is 3.01. The van der Waals surface area contributed by atoms with Crippen LogP contribution >= 0.6 is 15.9 Å². The number of aromatic nitrogens is 1. The van der Waals surface area contributed by atoms with Crippen molar-refractivity contribution in [2.45, 2.75) is 18.9 Å². The summed E-state index contributed by atoms with van der Waals surface area (Å²) < 4.78 is 0.861. The van der Waals surface area contributed by atoms with Gasteiger partial charge in [-0.2, -0.15) is 5.26 Å². The van der Waals surface area contributed by atoms with Crippen molar-refractivity contribution in [3.63, 3.8) is 0 Å². The van der Waals surface area contributed by atoms with Crippen LogP contribution in [0.5, 0.6) is 0 Å². The number of nitrogens with zero attached hydrogens (tertiary/aromatic N) is 3. The predicted octanol–water partition coefficient (Wildman–Crippen LogP) is 1.90. The van der Waals surface area contributed by atoms with Gasteiger partial charge in [0.1, 0.15) is 11.9 Å². The summed E-state index contributed by atoms with van der Waals surface area (Å²) in [5.41, 5.74) is 0.661. The molecule has 3 rings (SSSR count). The normalized spacial score (nSPS) is 26.8. The number of rotatable bonds is 1. The van der Waals surface area contributed by atoms with Crippen LogP contribution in [0, 0.1) is 17.2 Å². The Hall–Kier alpha value is -1.12. The van der Waals surface area contributed by atoms with E-state index in [1.54, 1.807) is 6.20 Å². The summed E-state index contributed by atoms with van der Waals surface area (Å²) in [5, 5.41) is 12.8. The van der Waals surface area contributed by atoms with E-state index >= 15 is 0 Å². The third-order valence-corrected chi connectivity index (χ3v) is 4.34. The Balaban J connectivity index is 1.85. The summed E-state index contributed by atoms with van der Waals surface area (Å²) in [4.78, 5) is 6.69. The van der Waals surface area contributed by atoms with Crippen LogP contribution in [0.2, 0.25) is 0 Å². The van der Waals surface area contributed by atoms with Crippen LogP contribution < -0.4 is 10.2 Å². The van der Waals surface area contributed by atoms with Crippen LogP contribution in [0.1, 0.15) is 18.4 Å². The average molecular weight is 307 g/mol. The molecule has 0 bridgehead atoms. The lowest BCUT2D eigenvalue weighted by Crippen LogP contribution is -2.45. The van der Waals surface area contributed by atoms with Gasteiger partial charge in [0.25, 0.3) is 0 Å². The highest BCUT2D eigenvalue weighted by atomic mass is 79.9. The topological polar surface area (TPSA) is 52.0 Å². The first-order chi connectivity index (χ1) is 8.78. The third-order valence-electron chi connectivity index (χ3n) is 3.91. The SMILES string of the molecule is N#Cc1cc(Br)cnc1N1CCC2NCCC2C1. The molecule has 2 atom stereocenters. The van der Waals surface area contributed by atoms with Crippen molar-refractivity contribution < 1.29 is 0 Å². The molecule has 0 aliphatic carbocycles.